The first-order chi connectivity index (χ1) is 6.83. The molecule has 3 heteroatoms. The molecule has 0 aromatic rings. The molecule has 2 nitrogen and oxygen atoms in total. The fourth-order valence-corrected chi connectivity index (χ4v) is 3.11. The quantitative estimate of drug-likeness (QED) is 0.522. The molecule has 0 saturated heterocycles. The van der Waals surface area contributed by atoms with Crippen molar-refractivity contribution >= 4 is 17.7 Å². The molecule has 0 aromatic carbocycles. The van der Waals surface area contributed by atoms with Crippen LogP contribution in [0, 0.1) is 0 Å². The first-order valence-corrected chi connectivity index (χ1v) is 6.56. The Morgan fingerprint density at radius 3 is 2.71 bits per heavy atom. The van der Waals surface area contributed by atoms with E-state index in [2.05, 4.69) is 4.74 Å². The average molecular weight is 216 g/mol. The molecule has 0 spiro atoms. The third-order valence-corrected chi connectivity index (χ3v) is 4.13. The van der Waals surface area contributed by atoms with Gasteiger partial charge >= 0.3 is 5.97 Å². The minimum Gasteiger partial charge on any atom is -0.469 e. The van der Waals surface area contributed by atoms with Crippen molar-refractivity contribution in [2.24, 2.45) is 0 Å². The maximum Gasteiger partial charge on any atom is 0.305 e. The van der Waals surface area contributed by atoms with Crippen molar-refractivity contribution in [3.05, 3.63) is 0 Å². The van der Waals surface area contributed by atoms with Gasteiger partial charge in [-0.25, -0.2) is 0 Å². The van der Waals surface area contributed by atoms with Crippen LogP contribution >= 0.6 is 11.8 Å². The predicted molar refractivity (Wildman–Crippen MR) is 60.6 cm³/mol. The molecule has 0 aromatic heterocycles. The van der Waals surface area contributed by atoms with Crippen molar-refractivity contribution in [2.75, 3.05) is 12.9 Å². The highest BCUT2D eigenvalue weighted by atomic mass is 32.2. The van der Waals surface area contributed by atoms with E-state index < -0.39 is 0 Å². The van der Waals surface area contributed by atoms with E-state index in [4.69, 9.17) is 0 Å². The highest BCUT2D eigenvalue weighted by Crippen LogP contribution is 2.28. The molecule has 0 heterocycles. The Bertz CT molecular complexity index is 165. The van der Waals surface area contributed by atoms with Crippen LogP contribution in [0.4, 0.5) is 0 Å². The van der Waals surface area contributed by atoms with Crippen LogP contribution in [0.25, 0.3) is 0 Å². The minimum absolute atomic E-state index is 0.0748. The van der Waals surface area contributed by atoms with E-state index in [1.807, 2.05) is 11.8 Å². The Hall–Kier alpha value is -0.180. The van der Waals surface area contributed by atoms with Crippen LogP contribution in [0.2, 0.25) is 0 Å². The van der Waals surface area contributed by atoms with Gasteiger partial charge in [-0.3, -0.25) is 4.79 Å². The van der Waals surface area contributed by atoms with Crippen LogP contribution < -0.4 is 0 Å². The lowest BCUT2D eigenvalue weighted by molar-refractivity contribution is -0.140. The molecule has 82 valence electrons. The zero-order valence-electron chi connectivity index (χ0n) is 8.96. The molecule has 0 amide bonds. The number of rotatable bonds is 5. The average Bonchev–Trinajstić information content (AvgIpc) is 2.25. The third-order valence-electron chi connectivity index (χ3n) is 2.66. The zero-order chi connectivity index (χ0) is 10.2. The second-order valence-electron chi connectivity index (χ2n) is 3.81. The highest BCUT2D eigenvalue weighted by Gasteiger charge is 2.13. The second kappa shape index (κ2) is 7.16. The lowest BCUT2D eigenvalue weighted by Gasteiger charge is -2.20. The van der Waals surface area contributed by atoms with E-state index in [9.17, 15) is 4.79 Å². The number of carbonyl (C=O) groups excluding carboxylic acids is 1. The van der Waals surface area contributed by atoms with Gasteiger partial charge in [0.1, 0.15) is 0 Å². The molecule has 1 aliphatic rings. The summed E-state index contributed by atoms with van der Waals surface area (Å²) >= 11 is 2.04. The van der Waals surface area contributed by atoms with E-state index >= 15 is 0 Å². The van der Waals surface area contributed by atoms with Gasteiger partial charge in [0.25, 0.3) is 0 Å². The van der Waals surface area contributed by atoms with E-state index in [0.29, 0.717) is 6.42 Å². The van der Waals surface area contributed by atoms with Crippen molar-refractivity contribution in [3.63, 3.8) is 0 Å². The Morgan fingerprint density at radius 2 is 2.07 bits per heavy atom. The van der Waals surface area contributed by atoms with Gasteiger partial charge < -0.3 is 4.74 Å². The van der Waals surface area contributed by atoms with Gasteiger partial charge in [-0.15, -0.1) is 0 Å². The third kappa shape index (κ3) is 4.89. The summed E-state index contributed by atoms with van der Waals surface area (Å²) in [5, 5.41) is 0.862. The summed E-state index contributed by atoms with van der Waals surface area (Å²) in [6.45, 7) is 0. The molecule has 0 bridgehead atoms. The first kappa shape index (κ1) is 11.9. The second-order valence-corrected chi connectivity index (χ2v) is 5.22. The van der Waals surface area contributed by atoms with Crippen LogP contribution in [0.3, 0.4) is 0 Å². The number of esters is 1. The summed E-state index contributed by atoms with van der Waals surface area (Å²) in [4.78, 5) is 10.8. The van der Waals surface area contributed by atoms with Gasteiger partial charge in [0.15, 0.2) is 0 Å². The first-order valence-electron chi connectivity index (χ1n) is 5.51. The molecule has 0 N–H and O–H groups in total. The van der Waals surface area contributed by atoms with Crippen molar-refractivity contribution in [2.45, 2.75) is 50.2 Å². The summed E-state index contributed by atoms with van der Waals surface area (Å²) in [6.07, 6.45) is 8.51. The number of thioether (sulfide) groups is 1. The van der Waals surface area contributed by atoms with Gasteiger partial charge in [-0.1, -0.05) is 19.3 Å². The summed E-state index contributed by atoms with van der Waals surface area (Å²) in [6, 6.07) is 0. The van der Waals surface area contributed by atoms with Gasteiger partial charge in [-0.2, -0.15) is 11.8 Å². The molecular formula is C11H20O2S. The van der Waals surface area contributed by atoms with Crippen LogP contribution in [0.15, 0.2) is 0 Å². The van der Waals surface area contributed by atoms with E-state index in [0.717, 1.165) is 17.4 Å². The van der Waals surface area contributed by atoms with Crippen LogP contribution in [-0.4, -0.2) is 24.1 Å². The summed E-state index contributed by atoms with van der Waals surface area (Å²) in [5.74, 6) is 1.04. The summed E-state index contributed by atoms with van der Waals surface area (Å²) in [7, 11) is 1.45. The SMILES string of the molecule is COC(=O)CCCSC1CCCCC1. The highest BCUT2D eigenvalue weighted by molar-refractivity contribution is 7.99. The molecule has 1 saturated carbocycles. The predicted octanol–water partition coefficient (Wildman–Crippen LogP) is 3.01. The Balaban J connectivity index is 1.94. The molecular weight excluding hydrogens is 196 g/mol. The number of methoxy groups -OCH3 is 1. The number of hydrogen-bond acceptors (Lipinski definition) is 3. The van der Waals surface area contributed by atoms with E-state index in [1.54, 1.807) is 0 Å². The fourth-order valence-electron chi connectivity index (χ4n) is 1.80. The van der Waals surface area contributed by atoms with Gasteiger partial charge in [0.05, 0.1) is 7.11 Å². The fraction of sp³-hybridized carbons (Fsp3) is 0.909. The summed E-state index contributed by atoms with van der Waals surface area (Å²) in [5.41, 5.74) is 0. The van der Waals surface area contributed by atoms with Crippen LogP contribution in [0.1, 0.15) is 44.9 Å². The largest absolute Gasteiger partial charge is 0.469 e. The number of carbonyl (C=O) groups is 1. The van der Waals surface area contributed by atoms with E-state index in [1.165, 1.54) is 39.2 Å². The minimum atomic E-state index is -0.0748. The standard InChI is InChI=1S/C11H20O2S/c1-13-11(12)8-5-9-14-10-6-3-2-4-7-10/h10H,2-9H2,1H3. The van der Waals surface area contributed by atoms with Crippen molar-refractivity contribution in [1.29, 1.82) is 0 Å². The maximum atomic E-state index is 10.8. The smallest absolute Gasteiger partial charge is 0.305 e. The lowest BCUT2D eigenvalue weighted by atomic mass is 10.0. The molecule has 14 heavy (non-hydrogen) atoms. The molecule has 0 atom stereocenters. The topological polar surface area (TPSA) is 26.3 Å². The monoisotopic (exact) mass is 216 g/mol. The normalized spacial score (nSPS) is 18.1. The van der Waals surface area contributed by atoms with Crippen molar-refractivity contribution in [1.82, 2.24) is 0 Å². The van der Waals surface area contributed by atoms with Gasteiger partial charge in [0.2, 0.25) is 0 Å². The molecule has 1 fully saturated rings. The Morgan fingerprint density at radius 1 is 1.36 bits per heavy atom. The van der Waals surface area contributed by atoms with Crippen LogP contribution in [0.5, 0.6) is 0 Å². The molecule has 1 rings (SSSR count). The Kier molecular flexibility index (Phi) is 6.08. The van der Waals surface area contributed by atoms with Gasteiger partial charge in [-0.05, 0) is 25.0 Å². The number of hydrogen-bond donors (Lipinski definition) is 0. The Labute approximate surface area is 90.8 Å². The zero-order valence-corrected chi connectivity index (χ0v) is 9.78. The molecule has 1 aliphatic carbocycles. The van der Waals surface area contributed by atoms with Crippen molar-refractivity contribution < 1.29 is 9.53 Å². The summed E-state index contributed by atoms with van der Waals surface area (Å²) < 4.78 is 4.59. The molecule has 0 unspecified atom stereocenters. The molecule has 0 radical (unpaired) electrons. The van der Waals surface area contributed by atoms with Crippen LogP contribution in [-0.2, 0) is 9.53 Å². The lowest BCUT2D eigenvalue weighted by Crippen LogP contribution is -2.09. The van der Waals surface area contributed by atoms with E-state index in [-0.39, 0.29) is 5.97 Å². The maximum absolute atomic E-state index is 10.8. The molecule has 0 aliphatic heterocycles. The number of ether oxygens (including phenoxy) is 1. The van der Waals surface area contributed by atoms with Crippen molar-refractivity contribution in [3.8, 4) is 0 Å². The van der Waals surface area contributed by atoms with Gasteiger partial charge in [0, 0.05) is 11.7 Å².